The third kappa shape index (κ3) is 2.88. The van der Waals surface area contributed by atoms with Crippen LogP contribution in [0.3, 0.4) is 0 Å². The molecule has 0 nitrogen and oxygen atoms in total. The molecule has 6 aromatic rings. The van der Waals surface area contributed by atoms with Crippen molar-refractivity contribution in [1.82, 2.24) is 0 Å². The van der Waals surface area contributed by atoms with Crippen molar-refractivity contribution in [2.24, 2.45) is 23.7 Å². The quantitative estimate of drug-likeness (QED) is 0.192. The summed E-state index contributed by atoms with van der Waals surface area (Å²) in [6.07, 6.45) is 7.17. The SMILES string of the molecule is c1ccc(-c2c3ccccc3c(-c3cccc4c3-c3ccccc3C43C4CC5CC(C4)CC3C5)c3ccccc23)cc1. The molecular formula is C42H34. The predicted molar refractivity (Wildman–Crippen MR) is 176 cm³/mol. The lowest BCUT2D eigenvalue weighted by Gasteiger charge is -2.61. The van der Waals surface area contributed by atoms with E-state index in [1.807, 2.05) is 0 Å². The second-order valence-corrected chi connectivity index (χ2v) is 13.7. The zero-order valence-electron chi connectivity index (χ0n) is 23.9. The largest absolute Gasteiger partial charge is 0.0622 e. The molecule has 6 aromatic carbocycles. The summed E-state index contributed by atoms with van der Waals surface area (Å²) in [4.78, 5) is 0. The lowest BCUT2D eigenvalue weighted by Crippen LogP contribution is -2.55. The van der Waals surface area contributed by atoms with Crippen LogP contribution in [0.5, 0.6) is 0 Å². The number of hydrogen-bond acceptors (Lipinski definition) is 0. The molecule has 42 heavy (non-hydrogen) atoms. The van der Waals surface area contributed by atoms with Gasteiger partial charge in [-0.3, -0.25) is 0 Å². The molecule has 5 aliphatic rings. The minimum atomic E-state index is 0.185. The Morgan fingerprint density at radius 3 is 1.52 bits per heavy atom. The predicted octanol–water partition coefficient (Wildman–Crippen LogP) is 11.0. The third-order valence-electron chi connectivity index (χ3n) is 11.8. The van der Waals surface area contributed by atoms with Crippen LogP contribution in [-0.4, -0.2) is 0 Å². The van der Waals surface area contributed by atoms with Crippen molar-refractivity contribution in [3.8, 4) is 33.4 Å². The van der Waals surface area contributed by atoms with Crippen LogP contribution < -0.4 is 0 Å². The maximum absolute atomic E-state index is 2.53. The van der Waals surface area contributed by atoms with E-state index in [-0.39, 0.29) is 5.41 Å². The van der Waals surface area contributed by atoms with Gasteiger partial charge in [-0.2, -0.15) is 0 Å². The summed E-state index contributed by atoms with van der Waals surface area (Å²) in [5, 5.41) is 5.38. The minimum Gasteiger partial charge on any atom is -0.0622 e. The highest BCUT2D eigenvalue weighted by Gasteiger charge is 2.61. The van der Waals surface area contributed by atoms with Crippen LogP contribution >= 0.6 is 0 Å². The van der Waals surface area contributed by atoms with E-state index in [0.717, 1.165) is 23.7 Å². The van der Waals surface area contributed by atoms with Crippen LogP contribution in [0, 0.1) is 23.7 Å². The highest BCUT2D eigenvalue weighted by atomic mass is 14.6. The van der Waals surface area contributed by atoms with Crippen molar-refractivity contribution in [2.75, 3.05) is 0 Å². The Bertz CT molecular complexity index is 1960. The molecule has 4 saturated carbocycles. The van der Waals surface area contributed by atoms with Crippen molar-refractivity contribution >= 4 is 21.5 Å². The van der Waals surface area contributed by atoms with Gasteiger partial charge in [0.05, 0.1) is 0 Å². The van der Waals surface area contributed by atoms with Gasteiger partial charge in [0.15, 0.2) is 0 Å². The molecule has 1 spiro atoms. The minimum absolute atomic E-state index is 0.185. The summed E-state index contributed by atoms with van der Waals surface area (Å²) < 4.78 is 0. The summed E-state index contributed by atoms with van der Waals surface area (Å²) in [6.45, 7) is 0. The topological polar surface area (TPSA) is 0 Å². The molecule has 0 aliphatic heterocycles. The van der Waals surface area contributed by atoms with E-state index in [4.69, 9.17) is 0 Å². The van der Waals surface area contributed by atoms with Crippen LogP contribution in [0.15, 0.2) is 121 Å². The maximum Gasteiger partial charge on any atom is 0.0272 e. The van der Waals surface area contributed by atoms with Gasteiger partial charge >= 0.3 is 0 Å². The molecule has 0 radical (unpaired) electrons. The fourth-order valence-electron chi connectivity index (χ4n) is 10.7. The highest BCUT2D eigenvalue weighted by Crippen LogP contribution is 2.70. The van der Waals surface area contributed by atoms with Gasteiger partial charge in [-0.1, -0.05) is 121 Å². The van der Waals surface area contributed by atoms with Gasteiger partial charge < -0.3 is 0 Å². The first-order valence-electron chi connectivity index (χ1n) is 16.0. The van der Waals surface area contributed by atoms with Gasteiger partial charge in [0.1, 0.15) is 0 Å². The first-order chi connectivity index (χ1) is 20.8. The summed E-state index contributed by atoms with van der Waals surface area (Å²) in [6, 6.07) is 46.2. The van der Waals surface area contributed by atoms with Crippen LogP contribution in [0.25, 0.3) is 54.9 Å². The maximum atomic E-state index is 2.53. The highest BCUT2D eigenvalue weighted by molar-refractivity contribution is 6.22. The molecule has 0 heterocycles. The molecule has 0 saturated heterocycles. The smallest absolute Gasteiger partial charge is 0.0272 e. The zero-order chi connectivity index (χ0) is 27.4. The van der Waals surface area contributed by atoms with E-state index < -0.39 is 0 Å². The fraction of sp³-hybridized carbons (Fsp3) is 0.238. The Balaban J connectivity index is 1.32. The molecule has 4 fully saturated rings. The molecular weight excluding hydrogens is 504 g/mol. The van der Waals surface area contributed by atoms with Crippen LogP contribution in [0.2, 0.25) is 0 Å². The van der Waals surface area contributed by atoms with Crippen molar-refractivity contribution in [2.45, 2.75) is 37.5 Å². The molecule has 0 heteroatoms. The van der Waals surface area contributed by atoms with Crippen molar-refractivity contribution < 1.29 is 0 Å². The Labute approximate surface area is 248 Å². The fourth-order valence-corrected chi connectivity index (χ4v) is 10.7. The van der Waals surface area contributed by atoms with Crippen molar-refractivity contribution in [3.05, 3.63) is 132 Å². The Morgan fingerprint density at radius 2 is 0.881 bits per heavy atom. The summed E-state index contributed by atoms with van der Waals surface area (Å²) >= 11 is 0. The van der Waals surface area contributed by atoms with Crippen molar-refractivity contribution in [3.63, 3.8) is 0 Å². The molecule has 4 bridgehead atoms. The molecule has 202 valence electrons. The van der Waals surface area contributed by atoms with E-state index >= 15 is 0 Å². The first kappa shape index (κ1) is 23.4. The summed E-state index contributed by atoms with van der Waals surface area (Å²) in [5.41, 5.74) is 11.9. The van der Waals surface area contributed by atoms with Gasteiger partial charge in [0.25, 0.3) is 0 Å². The number of hydrogen-bond donors (Lipinski definition) is 0. The van der Waals surface area contributed by atoms with Gasteiger partial charge in [0.2, 0.25) is 0 Å². The second-order valence-electron chi connectivity index (χ2n) is 13.7. The Morgan fingerprint density at radius 1 is 0.381 bits per heavy atom. The number of benzene rings is 6. The standard InChI is InChI=1S/C42H34/c1-2-11-28(12-3-1)39-31-13-4-6-15-33(31)40(34-16-7-5-14-32(34)39)36-18-10-20-38-41(36)35-17-8-9-19-37(35)42(38)29-22-26-21-27(24-29)25-30(42)23-26/h1-20,26-27,29-30H,21-25H2. The van der Waals surface area contributed by atoms with Gasteiger partial charge in [0, 0.05) is 5.41 Å². The normalized spacial score (nSPS) is 26.7. The molecule has 5 aliphatic carbocycles. The van der Waals surface area contributed by atoms with Crippen LogP contribution in [0.1, 0.15) is 43.2 Å². The first-order valence-corrected chi connectivity index (χ1v) is 16.0. The molecule has 0 unspecified atom stereocenters. The average Bonchev–Trinajstić information content (AvgIpc) is 3.34. The molecule has 11 rings (SSSR count). The lowest BCUT2D eigenvalue weighted by molar-refractivity contribution is -0.0399. The third-order valence-corrected chi connectivity index (χ3v) is 11.8. The average molecular weight is 539 g/mol. The summed E-state index contributed by atoms with van der Waals surface area (Å²) in [7, 11) is 0. The zero-order valence-corrected chi connectivity index (χ0v) is 23.9. The van der Waals surface area contributed by atoms with Crippen LogP contribution in [0.4, 0.5) is 0 Å². The lowest BCUT2D eigenvalue weighted by atomic mass is 9.43. The Hall–Kier alpha value is -4.16. The molecule has 0 aromatic heterocycles. The van der Waals surface area contributed by atoms with Crippen molar-refractivity contribution in [1.29, 1.82) is 0 Å². The van der Waals surface area contributed by atoms with E-state index in [1.54, 1.807) is 11.1 Å². The molecule has 0 N–H and O–H groups in total. The van der Waals surface area contributed by atoms with Gasteiger partial charge in [-0.25, -0.2) is 0 Å². The van der Waals surface area contributed by atoms with E-state index in [2.05, 4.69) is 121 Å². The Kier molecular flexibility index (Phi) is 4.71. The summed E-state index contributed by atoms with van der Waals surface area (Å²) in [5.74, 6) is 3.47. The molecule has 0 atom stereocenters. The number of fused-ring (bicyclic) bond motifs is 5. The van der Waals surface area contributed by atoms with Gasteiger partial charge in [-0.05, 0) is 122 Å². The monoisotopic (exact) mass is 538 g/mol. The van der Waals surface area contributed by atoms with E-state index in [1.165, 1.54) is 87.0 Å². The van der Waals surface area contributed by atoms with Crippen LogP contribution in [-0.2, 0) is 5.41 Å². The number of rotatable bonds is 2. The van der Waals surface area contributed by atoms with Gasteiger partial charge in [-0.15, -0.1) is 0 Å². The van der Waals surface area contributed by atoms with E-state index in [9.17, 15) is 0 Å². The molecule has 0 amide bonds. The van der Waals surface area contributed by atoms with E-state index in [0.29, 0.717) is 0 Å². The second kappa shape index (κ2) is 8.45.